The van der Waals surface area contributed by atoms with E-state index < -0.39 is 35.2 Å². The number of hydrogen-bond donors (Lipinski definition) is 4. The minimum Gasteiger partial charge on any atom is -0.449 e. The first-order valence-corrected chi connectivity index (χ1v) is 13.8. The Labute approximate surface area is 233 Å². The van der Waals surface area contributed by atoms with E-state index in [9.17, 15) is 19.2 Å². The van der Waals surface area contributed by atoms with Gasteiger partial charge in [-0.15, -0.1) is 0 Å². The van der Waals surface area contributed by atoms with Crippen molar-refractivity contribution in [2.75, 3.05) is 26.8 Å². The lowest BCUT2D eigenvalue weighted by molar-refractivity contribution is -0.126. The summed E-state index contributed by atoms with van der Waals surface area (Å²) in [5.41, 5.74) is 5.70. The summed E-state index contributed by atoms with van der Waals surface area (Å²) in [5, 5.41) is 8.54. The molecule has 40 heavy (non-hydrogen) atoms. The summed E-state index contributed by atoms with van der Waals surface area (Å²) in [6, 6.07) is 8.28. The standard InChI is InChI=1S/C28H40N6O6/c1-28(2,29)25(36)31-22(17-39-16-19-7-5-4-6-8-19)23-21(13-14-40-27(38)33(3)20-11-12-20)24(35)34(32-23)26(37)30-15-18-9-10-18/h4-8,18,20,22,32H,9-17,29H2,1-3H3,(H,30,37)(H,31,36)/t22-/m0/s1. The van der Waals surface area contributed by atoms with Crippen molar-refractivity contribution in [2.45, 2.75) is 70.2 Å². The molecule has 2 aliphatic carbocycles. The zero-order valence-corrected chi connectivity index (χ0v) is 23.4. The molecule has 1 aromatic heterocycles. The van der Waals surface area contributed by atoms with Crippen LogP contribution in [0.2, 0.25) is 0 Å². The number of nitrogens with zero attached hydrogens (tertiary/aromatic N) is 2. The molecule has 0 aliphatic heterocycles. The summed E-state index contributed by atoms with van der Waals surface area (Å²) in [6.45, 7) is 3.81. The highest BCUT2D eigenvalue weighted by atomic mass is 16.6. The van der Waals surface area contributed by atoms with Crippen LogP contribution in [0.25, 0.3) is 0 Å². The van der Waals surface area contributed by atoms with Gasteiger partial charge < -0.3 is 30.7 Å². The van der Waals surface area contributed by atoms with Gasteiger partial charge in [0.2, 0.25) is 5.91 Å². The molecule has 2 aromatic rings. The first-order chi connectivity index (χ1) is 19.0. The number of carbonyl (C=O) groups is 3. The second-order valence-corrected chi connectivity index (χ2v) is 11.2. The molecule has 5 N–H and O–H groups in total. The molecule has 2 saturated carbocycles. The van der Waals surface area contributed by atoms with E-state index in [1.54, 1.807) is 25.8 Å². The number of ether oxygens (including phenoxy) is 2. The Bertz CT molecular complexity index is 1240. The number of aromatic amines is 1. The Morgan fingerprint density at radius 2 is 1.88 bits per heavy atom. The van der Waals surface area contributed by atoms with Gasteiger partial charge in [0.25, 0.3) is 5.56 Å². The smallest absolute Gasteiger partial charge is 0.409 e. The maximum atomic E-state index is 13.4. The van der Waals surface area contributed by atoms with Crippen molar-refractivity contribution in [3.05, 3.63) is 57.5 Å². The van der Waals surface area contributed by atoms with Crippen LogP contribution >= 0.6 is 0 Å². The van der Waals surface area contributed by atoms with E-state index in [4.69, 9.17) is 15.2 Å². The molecule has 0 bridgehead atoms. The van der Waals surface area contributed by atoms with Crippen LogP contribution in [0.15, 0.2) is 35.1 Å². The average Bonchev–Trinajstić information content (AvgIpc) is 3.85. The molecule has 1 heterocycles. The number of aromatic nitrogens is 2. The van der Waals surface area contributed by atoms with Crippen LogP contribution in [0.5, 0.6) is 0 Å². The monoisotopic (exact) mass is 556 g/mol. The lowest BCUT2D eigenvalue weighted by atomic mass is 10.0. The number of rotatable bonds is 13. The van der Waals surface area contributed by atoms with Crippen LogP contribution in [-0.4, -0.2) is 71.1 Å². The lowest BCUT2D eigenvalue weighted by Crippen LogP contribution is -2.50. The fourth-order valence-electron chi connectivity index (χ4n) is 4.16. The first-order valence-electron chi connectivity index (χ1n) is 13.8. The second kappa shape index (κ2) is 12.7. The third-order valence-electron chi connectivity index (χ3n) is 7.06. The molecule has 4 rings (SSSR count). The quantitative estimate of drug-likeness (QED) is 0.294. The Morgan fingerprint density at radius 1 is 1.18 bits per heavy atom. The van der Waals surface area contributed by atoms with Gasteiger partial charge in [0.15, 0.2) is 0 Å². The van der Waals surface area contributed by atoms with Gasteiger partial charge in [-0.05, 0) is 51.0 Å². The van der Waals surface area contributed by atoms with Crippen molar-refractivity contribution in [3.8, 4) is 0 Å². The van der Waals surface area contributed by atoms with Crippen LogP contribution < -0.4 is 21.9 Å². The second-order valence-electron chi connectivity index (χ2n) is 11.2. The van der Waals surface area contributed by atoms with Gasteiger partial charge in [0.1, 0.15) is 0 Å². The summed E-state index contributed by atoms with van der Waals surface area (Å²) < 4.78 is 12.2. The topological polar surface area (TPSA) is 161 Å². The summed E-state index contributed by atoms with van der Waals surface area (Å²) in [7, 11) is 1.68. The van der Waals surface area contributed by atoms with E-state index >= 15 is 0 Å². The number of benzene rings is 1. The zero-order chi connectivity index (χ0) is 28.9. The highest BCUT2D eigenvalue weighted by molar-refractivity contribution is 5.85. The predicted octanol–water partition coefficient (Wildman–Crippen LogP) is 2.03. The number of amides is 3. The fraction of sp³-hybridized carbons (Fsp3) is 0.571. The zero-order valence-electron chi connectivity index (χ0n) is 23.4. The van der Waals surface area contributed by atoms with E-state index in [0.717, 1.165) is 35.9 Å². The number of nitrogens with two attached hydrogens (primary N) is 1. The number of hydrogen-bond acceptors (Lipinski definition) is 7. The minimum atomic E-state index is -1.20. The minimum absolute atomic E-state index is 0.00241. The Balaban J connectivity index is 1.56. The van der Waals surface area contributed by atoms with Crippen molar-refractivity contribution in [1.29, 1.82) is 0 Å². The van der Waals surface area contributed by atoms with Gasteiger partial charge in [-0.2, -0.15) is 4.68 Å². The summed E-state index contributed by atoms with van der Waals surface area (Å²) >= 11 is 0. The Kier molecular flexibility index (Phi) is 9.31. The molecule has 0 radical (unpaired) electrons. The van der Waals surface area contributed by atoms with Crippen molar-refractivity contribution in [2.24, 2.45) is 11.7 Å². The van der Waals surface area contributed by atoms with Crippen molar-refractivity contribution >= 4 is 18.0 Å². The summed E-state index contributed by atoms with van der Waals surface area (Å²) in [4.78, 5) is 53.2. The molecule has 0 unspecified atom stereocenters. The van der Waals surface area contributed by atoms with Crippen LogP contribution in [0.4, 0.5) is 9.59 Å². The van der Waals surface area contributed by atoms with Crippen LogP contribution in [-0.2, 0) is 27.3 Å². The fourth-order valence-corrected chi connectivity index (χ4v) is 4.16. The van der Waals surface area contributed by atoms with Gasteiger partial charge in [0, 0.05) is 31.6 Å². The average molecular weight is 557 g/mol. The number of H-pyrrole nitrogens is 1. The SMILES string of the molecule is CN(C(=O)OCCc1c([C@H](COCc2ccccc2)NC(=O)C(C)(C)N)[nH]n(C(=O)NCC2CC2)c1=O)C1CC1. The van der Waals surface area contributed by atoms with E-state index in [2.05, 4.69) is 15.7 Å². The highest BCUT2D eigenvalue weighted by Crippen LogP contribution is 2.27. The summed E-state index contributed by atoms with van der Waals surface area (Å²) in [6.07, 6.45) is 3.53. The molecular formula is C28H40N6O6. The first kappa shape index (κ1) is 29.3. The maximum absolute atomic E-state index is 13.4. The van der Waals surface area contributed by atoms with E-state index in [1.807, 2.05) is 30.3 Å². The molecule has 0 spiro atoms. The van der Waals surface area contributed by atoms with Crippen molar-refractivity contribution < 1.29 is 23.9 Å². The molecule has 12 heteroatoms. The normalized spacial score (nSPS) is 15.8. The molecular weight excluding hydrogens is 516 g/mol. The highest BCUT2D eigenvalue weighted by Gasteiger charge is 2.32. The molecule has 3 amide bonds. The molecule has 218 valence electrons. The Morgan fingerprint density at radius 3 is 2.50 bits per heavy atom. The van der Waals surface area contributed by atoms with Crippen molar-refractivity contribution in [3.63, 3.8) is 0 Å². The number of nitrogens with one attached hydrogen (secondary N) is 3. The predicted molar refractivity (Wildman–Crippen MR) is 148 cm³/mol. The van der Waals surface area contributed by atoms with Gasteiger partial charge in [-0.3, -0.25) is 14.7 Å². The van der Waals surface area contributed by atoms with Gasteiger partial charge in [0.05, 0.1) is 37.1 Å². The summed E-state index contributed by atoms with van der Waals surface area (Å²) in [5.74, 6) is -0.0438. The third kappa shape index (κ3) is 7.95. The van der Waals surface area contributed by atoms with E-state index in [-0.39, 0.29) is 37.8 Å². The van der Waals surface area contributed by atoms with E-state index in [1.165, 1.54) is 0 Å². The third-order valence-corrected chi connectivity index (χ3v) is 7.06. The molecule has 2 aliphatic rings. The van der Waals surface area contributed by atoms with Crippen molar-refractivity contribution in [1.82, 2.24) is 25.3 Å². The Hall–Kier alpha value is -3.64. The number of carbonyl (C=O) groups excluding carboxylic acids is 3. The van der Waals surface area contributed by atoms with Gasteiger partial charge >= 0.3 is 12.1 Å². The maximum Gasteiger partial charge on any atom is 0.409 e. The van der Waals surface area contributed by atoms with Crippen LogP contribution in [0.3, 0.4) is 0 Å². The van der Waals surface area contributed by atoms with Crippen LogP contribution in [0.1, 0.15) is 62.4 Å². The molecule has 1 atom stereocenters. The van der Waals surface area contributed by atoms with Gasteiger partial charge in [-0.1, -0.05) is 30.3 Å². The van der Waals surface area contributed by atoms with Gasteiger partial charge in [-0.25, -0.2) is 9.59 Å². The largest absolute Gasteiger partial charge is 0.449 e. The molecule has 2 fully saturated rings. The molecule has 0 saturated heterocycles. The van der Waals surface area contributed by atoms with E-state index in [0.29, 0.717) is 18.2 Å². The lowest BCUT2D eigenvalue weighted by Gasteiger charge is -2.24. The molecule has 1 aromatic carbocycles. The van der Waals surface area contributed by atoms with Crippen LogP contribution in [0, 0.1) is 5.92 Å². The molecule has 12 nitrogen and oxygen atoms in total.